The summed E-state index contributed by atoms with van der Waals surface area (Å²) in [5, 5.41) is 1.65. The molecule has 2 heterocycles. The topological polar surface area (TPSA) is 42.9 Å². The van der Waals surface area contributed by atoms with Crippen molar-refractivity contribution in [1.29, 1.82) is 0 Å². The van der Waals surface area contributed by atoms with E-state index in [0.717, 1.165) is 24.5 Å². The van der Waals surface area contributed by atoms with Gasteiger partial charge < -0.3 is 0 Å². The molecule has 3 rings (SSSR count). The summed E-state index contributed by atoms with van der Waals surface area (Å²) in [6.45, 7) is 0. The maximum Gasteiger partial charge on any atom is 0.204 e. The molecule has 0 radical (unpaired) electrons. The van der Waals surface area contributed by atoms with Gasteiger partial charge in [0.15, 0.2) is 5.16 Å². The molecule has 0 amide bonds. The largest absolute Gasteiger partial charge is 0.288 e. The number of nitrogens with zero attached hydrogens (tertiary/aromatic N) is 2. The highest BCUT2D eigenvalue weighted by Gasteiger charge is 2.16. The lowest BCUT2D eigenvalue weighted by atomic mass is 10.1. The third-order valence-corrected chi connectivity index (χ3v) is 5.32. The van der Waals surface area contributed by atoms with Crippen molar-refractivity contribution in [3.8, 4) is 0 Å². The summed E-state index contributed by atoms with van der Waals surface area (Å²) in [5.74, 6) is 0.0451. The normalized spacial score (nSPS) is 10.9. The number of halogens is 1. The summed E-state index contributed by atoms with van der Waals surface area (Å²) in [6, 6.07) is 9.48. The molecule has 20 heavy (non-hydrogen) atoms. The van der Waals surface area contributed by atoms with Gasteiger partial charge in [-0.25, -0.2) is 9.97 Å². The van der Waals surface area contributed by atoms with Crippen molar-refractivity contribution in [2.75, 3.05) is 6.26 Å². The van der Waals surface area contributed by atoms with Crippen LogP contribution < -0.4 is 0 Å². The smallest absolute Gasteiger partial charge is 0.204 e. The van der Waals surface area contributed by atoms with Crippen LogP contribution in [0.5, 0.6) is 0 Å². The zero-order valence-corrected chi connectivity index (χ0v) is 14.3. The van der Waals surface area contributed by atoms with Gasteiger partial charge in [0, 0.05) is 20.7 Å². The highest BCUT2D eigenvalue weighted by molar-refractivity contribution is 14.1. The van der Waals surface area contributed by atoms with Gasteiger partial charge in [0.05, 0.1) is 4.88 Å². The summed E-state index contributed by atoms with van der Waals surface area (Å²) in [4.78, 5) is 22.8. The predicted octanol–water partition coefficient (Wildman–Crippen LogP) is 4.25. The van der Waals surface area contributed by atoms with Gasteiger partial charge in [-0.05, 0) is 47.0 Å². The molecule has 0 saturated carbocycles. The van der Waals surface area contributed by atoms with Crippen LogP contribution in [0.3, 0.4) is 0 Å². The average molecular weight is 412 g/mol. The molecule has 0 unspecified atom stereocenters. The molecule has 6 heteroatoms. The highest BCUT2D eigenvalue weighted by Crippen LogP contribution is 2.27. The van der Waals surface area contributed by atoms with Crippen LogP contribution in [0.2, 0.25) is 0 Å². The Morgan fingerprint density at radius 2 is 2.15 bits per heavy atom. The Morgan fingerprint density at radius 1 is 1.35 bits per heavy atom. The summed E-state index contributed by atoms with van der Waals surface area (Å²) >= 11 is 5.10. The van der Waals surface area contributed by atoms with Crippen LogP contribution >= 0.6 is 45.7 Å². The second kappa shape index (κ2) is 5.79. The third kappa shape index (κ3) is 2.59. The first-order valence-electron chi connectivity index (χ1n) is 5.79. The van der Waals surface area contributed by atoms with E-state index in [2.05, 4.69) is 32.6 Å². The number of carbonyl (C=O) groups is 1. The van der Waals surface area contributed by atoms with E-state index in [9.17, 15) is 4.79 Å². The van der Waals surface area contributed by atoms with Gasteiger partial charge >= 0.3 is 0 Å². The lowest BCUT2D eigenvalue weighted by Gasteiger charge is -2.00. The molecular weight excluding hydrogens is 403 g/mol. The molecular formula is C14H9IN2OS2. The Balaban J connectivity index is 2.06. The minimum atomic E-state index is 0.0451. The quantitative estimate of drug-likeness (QED) is 0.279. The van der Waals surface area contributed by atoms with E-state index in [1.807, 2.05) is 36.6 Å². The van der Waals surface area contributed by atoms with Crippen LogP contribution in [0.4, 0.5) is 0 Å². The summed E-state index contributed by atoms with van der Waals surface area (Å²) in [6.07, 6.45) is 3.71. The monoisotopic (exact) mass is 412 g/mol. The van der Waals surface area contributed by atoms with Crippen LogP contribution in [0.25, 0.3) is 10.2 Å². The number of ketones is 1. The van der Waals surface area contributed by atoms with Crippen LogP contribution in [-0.4, -0.2) is 22.0 Å². The Morgan fingerprint density at radius 3 is 2.90 bits per heavy atom. The van der Waals surface area contributed by atoms with Crippen molar-refractivity contribution in [2.24, 2.45) is 0 Å². The summed E-state index contributed by atoms with van der Waals surface area (Å²) in [5.41, 5.74) is 0.734. The molecule has 100 valence electrons. The van der Waals surface area contributed by atoms with E-state index in [-0.39, 0.29) is 5.78 Å². The van der Waals surface area contributed by atoms with E-state index in [4.69, 9.17) is 0 Å². The van der Waals surface area contributed by atoms with E-state index in [0.29, 0.717) is 4.88 Å². The molecule has 0 fully saturated rings. The van der Waals surface area contributed by atoms with Gasteiger partial charge in [-0.15, -0.1) is 11.3 Å². The Bertz CT molecular complexity index is 801. The molecule has 0 spiro atoms. The van der Waals surface area contributed by atoms with E-state index in [1.54, 1.807) is 6.20 Å². The minimum absolute atomic E-state index is 0.0451. The van der Waals surface area contributed by atoms with E-state index < -0.39 is 0 Å². The lowest BCUT2D eigenvalue weighted by Crippen LogP contribution is -2.00. The number of fused-ring (bicyclic) bond motifs is 1. The molecule has 0 atom stereocenters. The van der Waals surface area contributed by atoms with Crippen LogP contribution in [0.1, 0.15) is 15.2 Å². The van der Waals surface area contributed by atoms with Crippen molar-refractivity contribution >= 4 is 61.7 Å². The molecule has 1 aromatic carbocycles. The van der Waals surface area contributed by atoms with E-state index in [1.165, 1.54) is 23.1 Å². The number of thiophene rings is 1. The number of rotatable bonds is 3. The number of aromatic nitrogens is 2. The predicted molar refractivity (Wildman–Crippen MR) is 91.8 cm³/mol. The molecule has 0 aliphatic heterocycles. The number of thioether (sulfide) groups is 1. The van der Waals surface area contributed by atoms with Crippen molar-refractivity contribution in [1.82, 2.24) is 9.97 Å². The molecule has 0 aliphatic carbocycles. The molecule has 0 N–H and O–H groups in total. The van der Waals surface area contributed by atoms with Crippen molar-refractivity contribution in [3.05, 3.63) is 50.5 Å². The number of benzene rings is 1. The second-order valence-electron chi connectivity index (χ2n) is 4.04. The molecule has 0 saturated heterocycles. The number of hydrogen-bond donors (Lipinski definition) is 0. The van der Waals surface area contributed by atoms with Crippen molar-refractivity contribution in [3.63, 3.8) is 0 Å². The van der Waals surface area contributed by atoms with Crippen molar-refractivity contribution < 1.29 is 4.79 Å². The molecule has 3 nitrogen and oxygen atoms in total. The first-order chi connectivity index (χ1) is 9.69. The standard InChI is InChI=1S/C14H9IN2OS2/c1-19-14-16-7-8-6-11(20-13(8)17-14)12(18)9-4-2-3-5-10(9)15/h2-7H,1H3. The molecule has 0 aliphatic rings. The molecule has 2 aromatic heterocycles. The van der Waals surface area contributed by atoms with Crippen molar-refractivity contribution in [2.45, 2.75) is 5.16 Å². The zero-order chi connectivity index (χ0) is 14.1. The van der Waals surface area contributed by atoms with Crippen LogP contribution in [-0.2, 0) is 0 Å². The lowest BCUT2D eigenvalue weighted by molar-refractivity contribution is 0.104. The SMILES string of the molecule is CSc1ncc2cc(C(=O)c3ccccc3I)sc2n1. The Labute approximate surface area is 138 Å². The summed E-state index contributed by atoms with van der Waals surface area (Å²) in [7, 11) is 0. The zero-order valence-electron chi connectivity index (χ0n) is 10.5. The maximum atomic E-state index is 12.5. The van der Waals surface area contributed by atoms with Gasteiger partial charge in [-0.3, -0.25) is 4.79 Å². The van der Waals surface area contributed by atoms with Gasteiger partial charge in [0.25, 0.3) is 0 Å². The third-order valence-electron chi connectivity index (χ3n) is 2.78. The first-order valence-corrected chi connectivity index (χ1v) is 8.91. The number of hydrogen-bond acceptors (Lipinski definition) is 5. The Hall–Kier alpha value is -0.990. The second-order valence-corrected chi connectivity index (χ2v) is 7.00. The summed E-state index contributed by atoms with van der Waals surface area (Å²) < 4.78 is 0.962. The fourth-order valence-electron chi connectivity index (χ4n) is 1.80. The van der Waals surface area contributed by atoms with Gasteiger partial charge in [0.2, 0.25) is 5.78 Å². The highest BCUT2D eigenvalue weighted by atomic mass is 127. The average Bonchev–Trinajstić information content (AvgIpc) is 2.89. The number of carbonyl (C=O) groups excluding carboxylic acids is 1. The Kier molecular flexibility index (Phi) is 4.04. The molecule has 3 aromatic rings. The first kappa shape index (κ1) is 14.0. The van der Waals surface area contributed by atoms with Crippen LogP contribution in [0, 0.1) is 3.57 Å². The molecule has 0 bridgehead atoms. The van der Waals surface area contributed by atoms with E-state index >= 15 is 0 Å². The maximum absolute atomic E-state index is 12.5. The van der Waals surface area contributed by atoms with Gasteiger partial charge in [-0.2, -0.15) is 0 Å². The van der Waals surface area contributed by atoms with Crippen LogP contribution in [0.15, 0.2) is 41.7 Å². The van der Waals surface area contributed by atoms with Gasteiger partial charge in [-0.1, -0.05) is 23.9 Å². The minimum Gasteiger partial charge on any atom is -0.288 e. The van der Waals surface area contributed by atoms with Gasteiger partial charge in [0.1, 0.15) is 4.83 Å². The fraction of sp³-hybridized carbons (Fsp3) is 0.0714. The fourth-order valence-corrected chi connectivity index (χ4v) is 3.79.